The van der Waals surface area contributed by atoms with Crippen molar-refractivity contribution in [3.8, 4) is 0 Å². The zero-order chi connectivity index (χ0) is 16.4. The summed E-state index contributed by atoms with van der Waals surface area (Å²) < 4.78 is 0.851. The number of hydrogen-bond acceptors (Lipinski definition) is 4. The molecule has 1 unspecified atom stereocenters. The van der Waals surface area contributed by atoms with Crippen LogP contribution in [0.5, 0.6) is 0 Å². The topological polar surface area (TPSA) is 74.3 Å². The Kier molecular flexibility index (Phi) is 4.68. The minimum atomic E-state index is -0.226. The highest BCUT2D eigenvalue weighted by Gasteiger charge is 2.58. The largest absolute Gasteiger partial charge is 0.336 e. The molecule has 1 saturated heterocycles. The highest BCUT2D eigenvalue weighted by molar-refractivity contribution is 9.10. The highest BCUT2D eigenvalue weighted by atomic mass is 79.9. The van der Waals surface area contributed by atoms with Crippen LogP contribution >= 0.6 is 15.9 Å². The van der Waals surface area contributed by atoms with Crippen molar-refractivity contribution in [2.75, 3.05) is 32.0 Å². The van der Waals surface area contributed by atoms with E-state index in [2.05, 4.69) is 31.5 Å². The molecule has 2 aliphatic rings. The van der Waals surface area contributed by atoms with Gasteiger partial charge in [0.15, 0.2) is 0 Å². The Morgan fingerprint density at radius 2 is 2.17 bits per heavy atom. The summed E-state index contributed by atoms with van der Waals surface area (Å²) in [5.41, 5.74) is 0.195. The number of likely N-dealkylation sites (N-methyl/N-ethyl adjacent to an activating group) is 1. The molecule has 2 heterocycles. The molecule has 2 amide bonds. The van der Waals surface area contributed by atoms with Crippen LogP contribution in [0.1, 0.15) is 19.3 Å². The second-order valence-electron chi connectivity index (χ2n) is 6.47. The van der Waals surface area contributed by atoms with Gasteiger partial charge in [0, 0.05) is 23.6 Å². The Bertz CT molecular complexity index is 599. The molecule has 1 atom stereocenters. The lowest BCUT2D eigenvalue weighted by molar-refractivity contribution is -0.135. The fourth-order valence-electron chi connectivity index (χ4n) is 3.37. The Labute approximate surface area is 144 Å². The summed E-state index contributed by atoms with van der Waals surface area (Å²) in [5, 5.41) is 6.04. The van der Waals surface area contributed by atoms with Crippen LogP contribution in [0.15, 0.2) is 22.8 Å². The van der Waals surface area contributed by atoms with Crippen LogP contribution < -0.4 is 10.6 Å². The Morgan fingerprint density at radius 3 is 2.83 bits per heavy atom. The van der Waals surface area contributed by atoms with Crippen LogP contribution in [0.3, 0.4) is 0 Å². The Balaban J connectivity index is 1.50. The van der Waals surface area contributed by atoms with E-state index < -0.39 is 0 Å². The number of hydrogen-bond donors (Lipinski definition) is 2. The molecule has 0 aromatic carbocycles. The first-order chi connectivity index (χ1) is 11.0. The fraction of sp³-hybridized carbons (Fsp3) is 0.562. The lowest BCUT2D eigenvalue weighted by atomic mass is 9.91. The zero-order valence-corrected chi connectivity index (χ0v) is 14.7. The lowest BCUT2D eigenvalue weighted by Gasteiger charge is -2.25. The second-order valence-corrected chi connectivity index (χ2v) is 7.39. The average molecular weight is 381 g/mol. The molecule has 6 nitrogen and oxygen atoms in total. The summed E-state index contributed by atoms with van der Waals surface area (Å²) in [6.45, 7) is 2.04. The van der Waals surface area contributed by atoms with Gasteiger partial charge in [-0.25, -0.2) is 4.98 Å². The van der Waals surface area contributed by atoms with Gasteiger partial charge in [-0.3, -0.25) is 9.59 Å². The summed E-state index contributed by atoms with van der Waals surface area (Å²) in [6, 6.07) is 3.53. The molecule has 1 aliphatic carbocycles. The third-order valence-corrected chi connectivity index (χ3v) is 5.31. The van der Waals surface area contributed by atoms with Crippen LogP contribution in [0, 0.1) is 11.3 Å². The van der Waals surface area contributed by atoms with Gasteiger partial charge in [-0.15, -0.1) is 0 Å². The molecule has 1 aromatic rings. The molecule has 1 saturated carbocycles. The van der Waals surface area contributed by atoms with Crippen molar-refractivity contribution in [1.29, 1.82) is 0 Å². The van der Waals surface area contributed by atoms with Gasteiger partial charge in [0.2, 0.25) is 11.8 Å². The smallest absolute Gasteiger partial charge is 0.245 e. The molecule has 3 rings (SSSR count). The number of pyridine rings is 1. The number of carbonyl (C=O) groups is 2. The number of anilines is 1. The first-order valence-corrected chi connectivity index (χ1v) is 8.67. The van der Waals surface area contributed by atoms with Gasteiger partial charge >= 0.3 is 0 Å². The summed E-state index contributed by atoms with van der Waals surface area (Å²) in [6.07, 6.45) is 4.71. The van der Waals surface area contributed by atoms with E-state index in [0.29, 0.717) is 5.82 Å². The van der Waals surface area contributed by atoms with E-state index in [-0.39, 0.29) is 29.7 Å². The van der Waals surface area contributed by atoms with E-state index in [4.69, 9.17) is 0 Å². The van der Waals surface area contributed by atoms with Gasteiger partial charge in [0.1, 0.15) is 5.82 Å². The number of nitrogens with zero attached hydrogens (tertiary/aromatic N) is 2. The van der Waals surface area contributed by atoms with Crippen molar-refractivity contribution < 1.29 is 9.59 Å². The van der Waals surface area contributed by atoms with Gasteiger partial charge in [0.05, 0.1) is 6.54 Å². The first kappa shape index (κ1) is 16.4. The standard InChI is InChI=1S/C16H21BrN4O2/c1-21(10-14(22)20-13-3-2-11(17)9-19-13)15(23)12-8-16(12)4-6-18-7-5-16/h2-3,9,12,18H,4-8,10H2,1H3,(H,19,20,22). The molecule has 2 fully saturated rings. The number of amides is 2. The second kappa shape index (κ2) is 6.57. The minimum Gasteiger partial charge on any atom is -0.336 e. The number of nitrogens with one attached hydrogen (secondary N) is 2. The predicted octanol–water partition coefficient (Wildman–Crippen LogP) is 1.63. The molecule has 1 spiro atoms. The molecule has 0 bridgehead atoms. The lowest BCUT2D eigenvalue weighted by Crippen LogP contribution is -2.38. The third kappa shape index (κ3) is 3.72. The van der Waals surface area contributed by atoms with Crippen LogP contribution in [-0.4, -0.2) is 48.4 Å². The van der Waals surface area contributed by atoms with Crippen molar-refractivity contribution in [1.82, 2.24) is 15.2 Å². The van der Waals surface area contributed by atoms with Crippen LogP contribution in [0.4, 0.5) is 5.82 Å². The third-order valence-electron chi connectivity index (χ3n) is 4.84. The molecular formula is C16H21BrN4O2. The highest BCUT2D eigenvalue weighted by Crippen LogP contribution is 2.59. The SMILES string of the molecule is CN(CC(=O)Nc1ccc(Br)cn1)C(=O)C1CC12CCNCC2. The van der Waals surface area contributed by atoms with E-state index in [1.165, 1.54) is 4.90 Å². The minimum absolute atomic E-state index is 0.0570. The summed E-state index contributed by atoms with van der Waals surface area (Å²) >= 11 is 3.30. The van der Waals surface area contributed by atoms with Crippen LogP contribution in [0.25, 0.3) is 0 Å². The molecule has 1 aromatic heterocycles. The number of piperidine rings is 1. The van der Waals surface area contributed by atoms with Gasteiger partial charge in [0.25, 0.3) is 0 Å². The normalized spacial score (nSPS) is 21.7. The maximum absolute atomic E-state index is 12.5. The van der Waals surface area contributed by atoms with E-state index in [9.17, 15) is 9.59 Å². The molecule has 1 aliphatic heterocycles. The van der Waals surface area contributed by atoms with Gasteiger partial charge in [-0.1, -0.05) is 0 Å². The maximum atomic E-state index is 12.5. The average Bonchev–Trinajstić information content (AvgIpc) is 3.22. The summed E-state index contributed by atoms with van der Waals surface area (Å²) in [7, 11) is 1.70. The van der Waals surface area contributed by atoms with Gasteiger partial charge < -0.3 is 15.5 Å². The maximum Gasteiger partial charge on any atom is 0.245 e. The molecular weight excluding hydrogens is 360 g/mol. The van der Waals surface area contributed by atoms with E-state index in [1.54, 1.807) is 19.3 Å². The molecule has 7 heteroatoms. The van der Waals surface area contributed by atoms with Crippen molar-refractivity contribution in [2.45, 2.75) is 19.3 Å². The fourth-order valence-corrected chi connectivity index (χ4v) is 3.60. The summed E-state index contributed by atoms with van der Waals surface area (Å²) in [5.74, 6) is 0.440. The summed E-state index contributed by atoms with van der Waals surface area (Å²) in [4.78, 5) is 30.2. The molecule has 2 N–H and O–H groups in total. The zero-order valence-electron chi connectivity index (χ0n) is 13.1. The quantitative estimate of drug-likeness (QED) is 0.832. The van der Waals surface area contributed by atoms with Crippen LogP contribution in [-0.2, 0) is 9.59 Å². The number of aromatic nitrogens is 1. The number of rotatable bonds is 4. The van der Waals surface area contributed by atoms with Gasteiger partial charge in [-0.2, -0.15) is 0 Å². The predicted molar refractivity (Wildman–Crippen MR) is 90.8 cm³/mol. The monoisotopic (exact) mass is 380 g/mol. The molecule has 0 radical (unpaired) electrons. The Hall–Kier alpha value is -1.47. The van der Waals surface area contributed by atoms with Crippen molar-refractivity contribution in [3.63, 3.8) is 0 Å². The van der Waals surface area contributed by atoms with Crippen molar-refractivity contribution in [3.05, 3.63) is 22.8 Å². The number of carbonyl (C=O) groups excluding carboxylic acids is 2. The molecule has 23 heavy (non-hydrogen) atoms. The van der Waals surface area contributed by atoms with Crippen LogP contribution in [0.2, 0.25) is 0 Å². The van der Waals surface area contributed by atoms with E-state index in [0.717, 1.165) is 36.8 Å². The van der Waals surface area contributed by atoms with E-state index >= 15 is 0 Å². The van der Waals surface area contributed by atoms with Crippen molar-refractivity contribution >= 4 is 33.6 Å². The number of halogens is 1. The Morgan fingerprint density at radius 1 is 1.43 bits per heavy atom. The molecule has 124 valence electrons. The van der Waals surface area contributed by atoms with E-state index in [1.807, 2.05) is 6.07 Å². The first-order valence-electron chi connectivity index (χ1n) is 7.87. The van der Waals surface area contributed by atoms with Gasteiger partial charge in [-0.05, 0) is 65.8 Å². The van der Waals surface area contributed by atoms with Crippen molar-refractivity contribution in [2.24, 2.45) is 11.3 Å².